The topological polar surface area (TPSA) is 50.4 Å². The zero-order valence-corrected chi connectivity index (χ0v) is 15.6. The van der Waals surface area contributed by atoms with Crippen LogP contribution >= 0.6 is 0 Å². The van der Waals surface area contributed by atoms with Crippen LogP contribution in [0.5, 0.6) is 5.75 Å². The van der Waals surface area contributed by atoms with E-state index in [1.54, 1.807) is 0 Å². The first-order valence-electron chi connectivity index (χ1n) is 8.75. The molecule has 0 saturated heterocycles. The maximum Gasteiger partial charge on any atom is 0.226 e. The molecular weight excluding hydrogens is 312 g/mol. The minimum Gasteiger partial charge on any atom is -0.494 e. The molecule has 1 amide bonds. The third-order valence-electron chi connectivity index (χ3n) is 3.88. The molecule has 0 unspecified atom stereocenters. The standard InChI is InChI=1S/C21H28N2O2/c1-5-25-19-12-10-18(11-13-19)23-20(24)14-15-22-17-8-6-16(7-9-17)21(2,3)4/h6-13,22H,5,14-15H2,1-4H3,(H,23,24). The van der Waals surface area contributed by atoms with Crippen molar-refractivity contribution in [1.29, 1.82) is 0 Å². The van der Waals surface area contributed by atoms with Crippen LogP contribution in [0.4, 0.5) is 11.4 Å². The van der Waals surface area contributed by atoms with Crippen molar-refractivity contribution in [3.63, 3.8) is 0 Å². The molecule has 0 bridgehead atoms. The van der Waals surface area contributed by atoms with Gasteiger partial charge >= 0.3 is 0 Å². The number of carbonyl (C=O) groups excluding carboxylic acids is 1. The Morgan fingerprint density at radius 3 is 2.12 bits per heavy atom. The number of benzene rings is 2. The van der Waals surface area contributed by atoms with E-state index >= 15 is 0 Å². The van der Waals surface area contributed by atoms with E-state index in [-0.39, 0.29) is 11.3 Å². The van der Waals surface area contributed by atoms with E-state index in [9.17, 15) is 4.79 Å². The van der Waals surface area contributed by atoms with Crippen molar-refractivity contribution in [3.8, 4) is 5.75 Å². The van der Waals surface area contributed by atoms with Gasteiger partial charge in [-0.1, -0.05) is 32.9 Å². The van der Waals surface area contributed by atoms with Crippen LogP contribution in [-0.4, -0.2) is 19.1 Å². The average molecular weight is 340 g/mol. The minimum atomic E-state index is -0.0111. The first-order valence-corrected chi connectivity index (χ1v) is 8.75. The van der Waals surface area contributed by atoms with E-state index in [0.29, 0.717) is 19.6 Å². The summed E-state index contributed by atoms with van der Waals surface area (Å²) in [6, 6.07) is 15.8. The summed E-state index contributed by atoms with van der Waals surface area (Å²) in [6.45, 7) is 9.76. The van der Waals surface area contributed by atoms with Crippen LogP contribution in [0, 0.1) is 0 Å². The SMILES string of the molecule is CCOc1ccc(NC(=O)CCNc2ccc(C(C)(C)C)cc2)cc1. The quantitative estimate of drug-likeness (QED) is 0.759. The molecule has 0 saturated carbocycles. The van der Waals surface area contributed by atoms with Crippen molar-refractivity contribution in [2.45, 2.75) is 39.5 Å². The lowest BCUT2D eigenvalue weighted by molar-refractivity contribution is -0.115. The second kappa shape index (κ2) is 8.56. The van der Waals surface area contributed by atoms with Gasteiger partial charge in [-0.25, -0.2) is 0 Å². The number of hydrogen-bond acceptors (Lipinski definition) is 3. The number of rotatable bonds is 7. The summed E-state index contributed by atoms with van der Waals surface area (Å²) in [7, 11) is 0. The van der Waals surface area contributed by atoms with Gasteiger partial charge in [0, 0.05) is 24.3 Å². The summed E-state index contributed by atoms with van der Waals surface area (Å²) in [4.78, 5) is 12.0. The van der Waals surface area contributed by atoms with E-state index in [1.807, 2.05) is 31.2 Å². The molecular formula is C21H28N2O2. The minimum absolute atomic E-state index is 0.0111. The first-order chi connectivity index (χ1) is 11.9. The number of hydrogen-bond donors (Lipinski definition) is 2. The van der Waals surface area contributed by atoms with Gasteiger partial charge in [0.15, 0.2) is 0 Å². The zero-order chi connectivity index (χ0) is 18.3. The van der Waals surface area contributed by atoms with Gasteiger partial charge in [0.25, 0.3) is 0 Å². The van der Waals surface area contributed by atoms with E-state index in [2.05, 4.69) is 55.7 Å². The van der Waals surface area contributed by atoms with Gasteiger partial charge in [-0.2, -0.15) is 0 Å². The molecule has 0 aliphatic heterocycles. The molecule has 2 rings (SSSR count). The normalized spacial score (nSPS) is 11.0. The third kappa shape index (κ3) is 6.14. The zero-order valence-electron chi connectivity index (χ0n) is 15.6. The predicted molar refractivity (Wildman–Crippen MR) is 104 cm³/mol. The molecule has 0 fully saturated rings. The van der Waals surface area contributed by atoms with E-state index in [0.717, 1.165) is 17.1 Å². The van der Waals surface area contributed by atoms with Gasteiger partial charge in [-0.15, -0.1) is 0 Å². The fourth-order valence-corrected chi connectivity index (χ4v) is 2.43. The van der Waals surface area contributed by atoms with Crippen molar-refractivity contribution in [2.75, 3.05) is 23.8 Å². The van der Waals surface area contributed by atoms with Crippen LogP contribution in [0.15, 0.2) is 48.5 Å². The molecule has 25 heavy (non-hydrogen) atoms. The fourth-order valence-electron chi connectivity index (χ4n) is 2.43. The van der Waals surface area contributed by atoms with Gasteiger partial charge in [-0.3, -0.25) is 4.79 Å². The summed E-state index contributed by atoms with van der Waals surface area (Å²) in [5.41, 5.74) is 3.26. The fraction of sp³-hybridized carbons (Fsp3) is 0.381. The van der Waals surface area contributed by atoms with Crippen LogP contribution in [0.25, 0.3) is 0 Å². The van der Waals surface area contributed by atoms with Crippen molar-refractivity contribution in [3.05, 3.63) is 54.1 Å². The summed E-state index contributed by atoms with van der Waals surface area (Å²) in [6.07, 6.45) is 0.411. The Kier molecular flexibility index (Phi) is 6.45. The van der Waals surface area contributed by atoms with Crippen molar-refractivity contribution >= 4 is 17.3 Å². The molecule has 0 aliphatic carbocycles. The van der Waals surface area contributed by atoms with Crippen molar-refractivity contribution in [2.24, 2.45) is 0 Å². The van der Waals surface area contributed by atoms with Gasteiger partial charge in [0.05, 0.1) is 6.61 Å². The van der Waals surface area contributed by atoms with Crippen LogP contribution in [0.1, 0.15) is 39.7 Å². The van der Waals surface area contributed by atoms with Crippen LogP contribution in [0.2, 0.25) is 0 Å². The van der Waals surface area contributed by atoms with Crippen LogP contribution in [-0.2, 0) is 10.2 Å². The van der Waals surface area contributed by atoms with Crippen molar-refractivity contribution in [1.82, 2.24) is 0 Å². The highest BCUT2D eigenvalue weighted by atomic mass is 16.5. The highest BCUT2D eigenvalue weighted by molar-refractivity contribution is 5.91. The van der Waals surface area contributed by atoms with E-state index in [1.165, 1.54) is 5.56 Å². The van der Waals surface area contributed by atoms with Gasteiger partial charge in [0.2, 0.25) is 5.91 Å². The molecule has 0 radical (unpaired) electrons. The predicted octanol–water partition coefficient (Wildman–Crippen LogP) is 4.82. The Morgan fingerprint density at radius 2 is 1.56 bits per heavy atom. The largest absolute Gasteiger partial charge is 0.494 e. The molecule has 0 heterocycles. The number of carbonyl (C=O) groups is 1. The summed E-state index contributed by atoms with van der Waals surface area (Å²) in [5, 5.41) is 6.18. The molecule has 0 atom stereocenters. The van der Waals surface area contributed by atoms with Crippen molar-refractivity contribution < 1.29 is 9.53 Å². The van der Waals surface area contributed by atoms with Crippen LogP contribution < -0.4 is 15.4 Å². The molecule has 0 aromatic heterocycles. The first kappa shape index (κ1) is 18.8. The lowest BCUT2D eigenvalue weighted by atomic mass is 9.87. The molecule has 2 aromatic rings. The van der Waals surface area contributed by atoms with Crippen LogP contribution in [0.3, 0.4) is 0 Å². The second-order valence-electron chi connectivity index (χ2n) is 7.01. The molecule has 0 aliphatic rings. The molecule has 4 heteroatoms. The number of ether oxygens (including phenoxy) is 1. The number of anilines is 2. The van der Waals surface area contributed by atoms with Gasteiger partial charge < -0.3 is 15.4 Å². The van der Waals surface area contributed by atoms with E-state index < -0.39 is 0 Å². The molecule has 0 spiro atoms. The summed E-state index contributed by atoms with van der Waals surface area (Å²) < 4.78 is 5.39. The Balaban J connectivity index is 1.76. The Bertz CT molecular complexity index is 671. The van der Waals surface area contributed by atoms with Gasteiger partial charge in [-0.05, 0) is 54.3 Å². The Hall–Kier alpha value is -2.49. The molecule has 2 aromatic carbocycles. The Labute approximate surface area is 150 Å². The smallest absolute Gasteiger partial charge is 0.226 e. The summed E-state index contributed by atoms with van der Waals surface area (Å²) >= 11 is 0. The lowest BCUT2D eigenvalue weighted by Crippen LogP contribution is -2.16. The number of nitrogens with one attached hydrogen (secondary N) is 2. The lowest BCUT2D eigenvalue weighted by Gasteiger charge is -2.19. The third-order valence-corrected chi connectivity index (χ3v) is 3.88. The highest BCUT2D eigenvalue weighted by Gasteiger charge is 2.12. The Morgan fingerprint density at radius 1 is 0.960 bits per heavy atom. The maximum atomic E-state index is 12.0. The summed E-state index contributed by atoms with van der Waals surface area (Å²) in [5.74, 6) is 0.795. The molecule has 2 N–H and O–H groups in total. The second-order valence-corrected chi connectivity index (χ2v) is 7.01. The average Bonchev–Trinajstić information content (AvgIpc) is 2.56. The molecule has 4 nitrogen and oxygen atoms in total. The molecule has 134 valence electrons. The van der Waals surface area contributed by atoms with E-state index in [4.69, 9.17) is 4.74 Å². The number of amides is 1. The maximum absolute atomic E-state index is 12.0. The highest BCUT2D eigenvalue weighted by Crippen LogP contribution is 2.23. The monoisotopic (exact) mass is 340 g/mol. The van der Waals surface area contributed by atoms with Gasteiger partial charge in [0.1, 0.15) is 5.75 Å².